The molecule has 19 heavy (non-hydrogen) atoms. The molecule has 0 radical (unpaired) electrons. The number of rotatable bonds is 4. The molecule has 0 aromatic heterocycles. The maximum Gasteiger partial charge on any atom is 0.309 e. The van der Waals surface area contributed by atoms with E-state index in [0.717, 1.165) is 31.2 Å². The van der Waals surface area contributed by atoms with Crippen LogP contribution in [-0.4, -0.2) is 19.1 Å². The quantitative estimate of drug-likeness (QED) is 0.864. The lowest BCUT2D eigenvalue weighted by Gasteiger charge is -2.26. The molecule has 1 saturated carbocycles. The van der Waals surface area contributed by atoms with Crippen LogP contribution in [0.4, 0.5) is 0 Å². The first-order chi connectivity index (χ1) is 8.79. The van der Waals surface area contributed by atoms with E-state index in [1.165, 1.54) is 0 Å². The second-order valence-corrected chi connectivity index (χ2v) is 4.93. The van der Waals surface area contributed by atoms with Gasteiger partial charge in [-0.3, -0.25) is 4.79 Å². The Hall–Kier alpha value is -1.06. The highest BCUT2D eigenvalue weighted by Crippen LogP contribution is 2.25. The van der Waals surface area contributed by atoms with Gasteiger partial charge in [-0.25, -0.2) is 0 Å². The van der Waals surface area contributed by atoms with Crippen LogP contribution < -0.4 is 5.32 Å². The lowest BCUT2D eigenvalue weighted by molar-refractivity contribution is -0.151. The second-order valence-electron chi connectivity index (χ2n) is 4.93. The van der Waals surface area contributed by atoms with E-state index in [0.29, 0.717) is 12.6 Å². The van der Waals surface area contributed by atoms with E-state index >= 15 is 0 Å². The summed E-state index contributed by atoms with van der Waals surface area (Å²) in [5, 5.41) is 3.27. The fraction of sp³-hybridized carbons (Fsp3) is 0.533. The summed E-state index contributed by atoms with van der Waals surface area (Å²) >= 11 is 0. The molecule has 0 amide bonds. The number of halogens is 1. The minimum absolute atomic E-state index is 0. The predicted octanol–water partition coefficient (Wildman–Crippen LogP) is 2.93. The second kappa shape index (κ2) is 8.18. The minimum Gasteiger partial charge on any atom is -0.461 e. The molecule has 1 aliphatic carbocycles. The number of ether oxygens (including phenoxy) is 1. The summed E-state index contributed by atoms with van der Waals surface area (Å²) < 4.78 is 5.38. The minimum atomic E-state index is -0.0339. The highest BCUT2D eigenvalue weighted by atomic mass is 35.5. The van der Waals surface area contributed by atoms with Gasteiger partial charge in [0.25, 0.3) is 0 Å². The first kappa shape index (κ1) is 16.0. The van der Waals surface area contributed by atoms with Gasteiger partial charge in [-0.05, 0) is 38.3 Å². The van der Waals surface area contributed by atoms with Crippen LogP contribution in [0.5, 0.6) is 0 Å². The molecular formula is C15H22ClNO2. The molecule has 106 valence electrons. The zero-order chi connectivity index (χ0) is 12.8. The molecule has 0 saturated heterocycles. The maximum atomic E-state index is 11.9. The van der Waals surface area contributed by atoms with Crippen molar-refractivity contribution in [2.75, 3.05) is 7.05 Å². The summed E-state index contributed by atoms with van der Waals surface area (Å²) in [6.45, 7) is 0.394. The van der Waals surface area contributed by atoms with E-state index in [-0.39, 0.29) is 24.3 Å². The van der Waals surface area contributed by atoms with Crippen LogP contribution in [-0.2, 0) is 16.1 Å². The number of carbonyl (C=O) groups excluding carboxylic acids is 1. The Morgan fingerprint density at radius 1 is 1.21 bits per heavy atom. The Labute approximate surface area is 121 Å². The van der Waals surface area contributed by atoms with Crippen molar-refractivity contribution < 1.29 is 9.53 Å². The van der Waals surface area contributed by atoms with Crippen molar-refractivity contribution in [2.45, 2.75) is 38.3 Å². The number of esters is 1. The smallest absolute Gasteiger partial charge is 0.309 e. The number of carbonyl (C=O) groups is 1. The molecule has 4 heteroatoms. The number of hydrogen-bond acceptors (Lipinski definition) is 3. The van der Waals surface area contributed by atoms with Crippen molar-refractivity contribution >= 4 is 18.4 Å². The van der Waals surface area contributed by atoms with Gasteiger partial charge in [0, 0.05) is 6.04 Å². The largest absolute Gasteiger partial charge is 0.461 e. The normalized spacial score (nSPS) is 22.4. The van der Waals surface area contributed by atoms with E-state index in [1.54, 1.807) is 0 Å². The number of benzene rings is 1. The lowest BCUT2D eigenvalue weighted by atomic mass is 9.86. The molecule has 2 rings (SSSR count). The molecule has 1 aliphatic rings. The van der Waals surface area contributed by atoms with Crippen LogP contribution in [0.3, 0.4) is 0 Å². The maximum absolute atomic E-state index is 11.9. The topological polar surface area (TPSA) is 38.3 Å². The summed E-state index contributed by atoms with van der Waals surface area (Å²) in [5.41, 5.74) is 1.05. The summed E-state index contributed by atoms with van der Waals surface area (Å²) in [5.74, 6) is 0.0618. The summed E-state index contributed by atoms with van der Waals surface area (Å²) in [6, 6.07) is 10.4. The molecule has 0 bridgehead atoms. The zero-order valence-corrected chi connectivity index (χ0v) is 12.1. The van der Waals surface area contributed by atoms with Crippen LogP contribution in [0.15, 0.2) is 30.3 Å². The average Bonchev–Trinajstić information content (AvgIpc) is 2.46. The Kier molecular flexibility index (Phi) is 6.89. The third-order valence-corrected chi connectivity index (χ3v) is 3.69. The van der Waals surface area contributed by atoms with Gasteiger partial charge in [-0.2, -0.15) is 0 Å². The molecule has 3 nitrogen and oxygen atoms in total. The van der Waals surface area contributed by atoms with Crippen molar-refractivity contribution in [1.29, 1.82) is 0 Å². The van der Waals surface area contributed by atoms with Crippen LogP contribution in [0.1, 0.15) is 31.2 Å². The van der Waals surface area contributed by atoms with E-state index < -0.39 is 0 Å². The van der Waals surface area contributed by atoms with Crippen molar-refractivity contribution in [3.63, 3.8) is 0 Å². The van der Waals surface area contributed by atoms with Gasteiger partial charge in [0.15, 0.2) is 0 Å². The van der Waals surface area contributed by atoms with Gasteiger partial charge in [-0.1, -0.05) is 30.3 Å². The van der Waals surface area contributed by atoms with Crippen molar-refractivity contribution in [3.05, 3.63) is 35.9 Å². The predicted molar refractivity (Wildman–Crippen MR) is 78.3 cm³/mol. The molecule has 1 aromatic rings. The number of hydrogen-bond donors (Lipinski definition) is 1. The summed E-state index contributed by atoms with van der Waals surface area (Å²) in [7, 11) is 1.98. The van der Waals surface area contributed by atoms with Gasteiger partial charge in [0.2, 0.25) is 0 Å². The molecule has 0 aliphatic heterocycles. The van der Waals surface area contributed by atoms with Crippen molar-refractivity contribution in [2.24, 2.45) is 5.92 Å². The van der Waals surface area contributed by atoms with Crippen LogP contribution in [0, 0.1) is 5.92 Å². The molecule has 0 atom stereocenters. The van der Waals surface area contributed by atoms with E-state index in [4.69, 9.17) is 4.74 Å². The third kappa shape index (κ3) is 4.84. The van der Waals surface area contributed by atoms with Gasteiger partial charge in [0.1, 0.15) is 6.61 Å². The molecular weight excluding hydrogens is 262 g/mol. The summed E-state index contributed by atoms with van der Waals surface area (Å²) in [6.07, 6.45) is 4.03. The highest BCUT2D eigenvalue weighted by Gasteiger charge is 2.26. The fourth-order valence-electron chi connectivity index (χ4n) is 2.46. The molecule has 0 unspecified atom stereocenters. The molecule has 1 N–H and O–H groups in total. The van der Waals surface area contributed by atoms with Crippen LogP contribution in [0.25, 0.3) is 0 Å². The summed E-state index contributed by atoms with van der Waals surface area (Å²) in [4.78, 5) is 11.9. The molecule has 0 heterocycles. The monoisotopic (exact) mass is 283 g/mol. The SMILES string of the molecule is CNC1CCC(C(=O)OCc2ccccc2)CC1.Cl. The Morgan fingerprint density at radius 2 is 1.84 bits per heavy atom. The first-order valence-electron chi connectivity index (χ1n) is 6.67. The number of nitrogens with one attached hydrogen (secondary N) is 1. The Morgan fingerprint density at radius 3 is 2.42 bits per heavy atom. The average molecular weight is 284 g/mol. The van der Waals surface area contributed by atoms with Crippen molar-refractivity contribution in [3.8, 4) is 0 Å². The van der Waals surface area contributed by atoms with Gasteiger partial charge in [-0.15, -0.1) is 12.4 Å². The Balaban J connectivity index is 0.00000180. The third-order valence-electron chi connectivity index (χ3n) is 3.69. The van der Waals surface area contributed by atoms with E-state index in [1.807, 2.05) is 37.4 Å². The highest BCUT2D eigenvalue weighted by molar-refractivity contribution is 5.85. The van der Waals surface area contributed by atoms with Gasteiger partial charge in [0.05, 0.1) is 5.92 Å². The lowest BCUT2D eigenvalue weighted by Crippen LogP contribution is -2.33. The van der Waals surface area contributed by atoms with E-state index in [9.17, 15) is 4.79 Å². The van der Waals surface area contributed by atoms with Crippen LogP contribution >= 0.6 is 12.4 Å². The molecule has 0 spiro atoms. The van der Waals surface area contributed by atoms with E-state index in [2.05, 4.69) is 5.32 Å². The van der Waals surface area contributed by atoms with Gasteiger partial charge < -0.3 is 10.1 Å². The first-order valence-corrected chi connectivity index (χ1v) is 6.67. The van der Waals surface area contributed by atoms with Crippen molar-refractivity contribution in [1.82, 2.24) is 5.32 Å². The zero-order valence-electron chi connectivity index (χ0n) is 11.3. The molecule has 1 aromatic carbocycles. The Bertz CT molecular complexity index is 375. The van der Waals surface area contributed by atoms with Gasteiger partial charge >= 0.3 is 5.97 Å². The molecule has 1 fully saturated rings. The van der Waals surface area contributed by atoms with Crippen LogP contribution in [0.2, 0.25) is 0 Å². The standard InChI is InChI=1S/C15H21NO2.ClH/c1-16-14-9-7-13(8-10-14)15(17)18-11-12-5-3-2-4-6-12;/h2-6,13-14,16H,7-11H2,1H3;1H. The fourth-order valence-corrected chi connectivity index (χ4v) is 2.46.